The zero-order valence-corrected chi connectivity index (χ0v) is 30.0. The fraction of sp³-hybridized carbons (Fsp3) is 0.615. The SMILES string of the molecule is Cc1ccc(CN(C[C@H](O)CN2CN(c3ccc(F)cc3)C3(CCN(CC4CCCCCCC4)CC3)C2=O)C(=O)C(NC(=O)O)C(C)C)cc1. The standard InChI is InChI=1S/C39H56FN5O5/c1-28(2)35(41-38(49)50)36(47)43(24-31-13-11-29(3)12-14-31)25-34(46)26-44-27-45(33-17-15-32(40)16-18-33)39(37(44)48)19-21-42(22-20-39)23-30-9-7-5-4-6-8-10-30/h11-18,28,30,34-35,41,46H,4-10,19-27H2,1-3H3,(H,49,50)/t34-,35?/m0/s1. The third-order valence-corrected chi connectivity index (χ3v) is 11.0. The van der Waals surface area contributed by atoms with E-state index in [4.69, 9.17) is 0 Å². The number of carbonyl (C=O) groups is 3. The molecule has 0 aromatic heterocycles. The maximum atomic E-state index is 14.4. The van der Waals surface area contributed by atoms with Gasteiger partial charge in [0, 0.05) is 38.4 Å². The molecule has 11 heteroatoms. The van der Waals surface area contributed by atoms with Crippen molar-refractivity contribution >= 4 is 23.6 Å². The van der Waals surface area contributed by atoms with Crippen molar-refractivity contribution in [3.8, 4) is 0 Å². The molecule has 2 aromatic carbocycles. The van der Waals surface area contributed by atoms with Gasteiger partial charge < -0.3 is 35.1 Å². The van der Waals surface area contributed by atoms with Gasteiger partial charge in [-0.1, -0.05) is 75.8 Å². The van der Waals surface area contributed by atoms with E-state index in [0.717, 1.165) is 36.4 Å². The summed E-state index contributed by atoms with van der Waals surface area (Å²) in [5.74, 6) is -0.468. The number of hydrogen-bond donors (Lipinski definition) is 3. The monoisotopic (exact) mass is 693 g/mol. The maximum absolute atomic E-state index is 14.4. The summed E-state index contributed by atoms with van der Waals surface area (Å²) in [6, 6.07) is 13.0. The van der Waals surface area contributed by atoms with Crippen molar-refractivity contribution < 1.29 is 29.0 Å². The van der Waals surface area contributed by atoms with Gasteiger partial charge in [0.1, 0.15) is 17.4 Å². The van der Waals surface area contributed by atoms with Crippen LogP contribution in [-0.4, -0.2) is 99.9 Å². The molecule has 10 nitrogen and oxygen atoms in total. The number of aryl methyl sites for hydroxylation is 1. The second-order valence-electron chi connectivity index (χ2n) is 15.1. The minimum Gasteiger partial charge on any atom is -0.465 e. The van der Waals surface area contributed by atoms with E-state index in [0.29, 0.717) is 18.8 Å². The summed E-state index contributed by atoms with van der Waals surface area (Å²) < 4.78 is 14.0. The van der Waals surface area contributed by atoms with Crippen molar-refractivity contribution in [1.29, 1.82) is 0 Å². The molecule has 5 rings (SSSR count). The van der Waals surface area contributed by atoms with Crippen molar-refractivity contribution in [1.82, 2.24) is 20.0 Å². The Morgan fingerprint density at radius 1 is 0.980 bits per heavy atom. The van der Waals surface area contributed by atoms with E-state index in [9.17, 15) is 29.0 Å². The van der Waals surface area contributed by atoms with Gasteiger partial charge in [0.15, 0.2) is 0 Å². The second kappa shape index (κ2) is 17.0. The molecule has 3 aliphatic rings. The predicted octanol–water partition coefficient (Wildman–Crippen LogP) is 5.62. The van der Waals surface area contributed by atoms with E-state index in [2.05, 4.69) is 15.1 Å². The predicted molar refractivity (Wildman–Crippen MR) is 192 cm³/mol. The fourth-order valence-electron chi connectivity index (χ4n) is 8.10. The van der Waals surface area contributed by atoms with Gasteiger partial charge in [-0.3, -0.25) is 9.59 Å². The quantitative estimate of drug-likeness (QED) is 0.265. The number of nitrogens with zero attached hydrogens (tertiary/aromatic N) is 4. The molecule has 3 N–H and O–H groups in total. The van der Waals surface area contributed by atoms with E-state index in [1.165, 1.54) is 62.0 Å². The number of aliphatic hydroxyl groups excluding tert-OH is 1. The summed E-state index contributed by atoms with van der Waals surface area (Å²) in [6.07, 6.45) is 7.98. The van der Waals surface area contributed by atoms with Gasteiger partial charge in [0.05, 0.1) is 19.3 Å². The number of anilines is 1. The Hall–Kier alpha value is -3.70. The molecule has 1 aliphatic carbocycles. The molecule has 2 aromatic rings. The van der Waals surface area contributed by atoms with Crippen LogP contribution in [0.2, 0.25) is 0 Å². The van der Waals surface area contributed by atoms with Gasteiger partial charge in [0.25, 0.3) is 0 Å². The van der Waals surface area contributed by atoms with E-state index in [-0.39, 0.29) is 43.9 Å². The Morgan fingerprint density at radius 2 is 1.60 bits per heavy atom. The molecule has 3 amide bonds. The van der Waals surface area contributed by atoms with Gasteiger partial charge in [-0.15, -0.1) is 0 Å². The Balaban J connectivity index is 1.32. The normalized spacial score (nSPS) is 20.1. The number of β-amino-alcohol motifs (C(OH)–C–C–N with tert-alkyl or cyclic N) is 1. The number of nitrogens with one attached hydrogen (secondary N) is 1. The third kappa shape index (κ3) is 9.34. The van der Waals surface area contributed by atoms with Crippen LogP contribution >= 0.6 is 0 Å². The lowest BCUT2D eigenvalue weighted by Crippen LogP contribution is -2.57. The first-order valence-corrected chi connectivity index (χ1v) is 18.5. The van der Waals surface area contributed by atoms with Crippen LogP contribution in [0.5, 0.6) is 0 Å². The smallest absolute Gasteiger partial charge is 0.405 e. The number of aliphatic hydroxyl groups is 1. The van der Waals surface area contributed by atoms with Gasteiger partial charge in [-0.25, -0.2) is 9.18 Å². The number of carboxylic acid groups (broad SMARTS) is 1. The number of hydrogen-bond acceptors (Lipinski definition) is 6. The van der Waals surface area contributed by atoms with Gasteiger partial charge in [-0.2, -0.15) is 0 Å². The zero-order valence-electron chi connectivity index (χ0n) is 30.0. The Bertz CT molecular complexity index is 1420. The van der Waals surface area contributed by atoms with Crippen molar-refractivity contribution in [3.63, 3.8) is 0 Å². The highest BCUT2D eigenvalue weighted by Crippen LogP contribution is 2.40. The third-order valence-electron chi connectivity index (χ3n) is 11.0. The number of likely N-dealkylation sites (tertiary alicyclic amines) is 1. The maximum Gasteiger partial charge on any atom is 0.405 e. The summed E-state index contributed by atoms with van der Waals surface area (Å²) >= 11 is 0. The lowest BCUT2D eigenvalue weighted by molar-refractivity contribution is -0.137. The van der Waals surface area contributed by atoms with Crippen LogP contribution in [0.15, 0.2) is 48.5 Å². The summed E-state index contributed by atoms with van der Waals surface area (Å²) in [5.41, 5.74) is 1.87. The van der Waals surface area contributed by atoms with Crippen LogP contribution in [0.3, 0.4) is 0 Å². The number of halogens is 1. The molecule has 3 fully saturated rings. The molecule has 2 atom stereocenters. The Labute approximate surface area is 296 Å². The first-order valence-electron chi connectivity index (χ1n) is 18.5. The van der Waals surface area contributed by atoms with Gasteiger partial charge in [0.2, 0.25) is 11.8 Å². The minimum atomic E-state index is -1.29. The van der Waals surface area contributed by atoms with E-state index < -0.39 is 29.7 Å². The fourth-order valence-corrected chi connectivity index (χ4v) is 8.10. The molecule has 50 heavy (non-hydrogen) atoms. The number of amides is 3. The van der Waals surface area contributed by atoms with Gasteiger partial charge >= 0.3 is 6.09 Å². The van der Waals surface area contributed by atoms with Gasteiger partial charge in [-0.05, 0) is 74.3 Å². The molecule has 1 saturated carbocycles. The average molecular weight is 694 g/mol. The van der Waals surface area contributed by atoms with Crippen LogP contribution < -0.4 is 10.2 Å². The molecule has 0 radical (unpaired) electrons. The van der Waals surface area contributed by atoms with Crippen LogP contribution in [0.25, 0.3) is 0 Å². The van der Waals surface area contributed by atoms with Crippen LogP contribution in [0.1, 0.15) is 82.8 Å². The van der Waals surface area contributed by atoms with Crippen molar-refractivity contribution in [2.24, 2.45) is 11.8 Å². The summed E-state index contributed by atoms with van der Waals surface area (Å²) in [4.78, 5) is 47.6. The topological polar surface area (TPSA) is 117 Å². The minimum absolute atomic E-state index is 0.000445. The average Bonchev–Trinajstić information content (AvgIpc) is 3.32. The largest absolute Gasteiger partial charge is 0.465 e. The highest BCUT2D eigenvalue weighted by molar-refractivity contribution is 5.93. The lowest BCUT2D eigenvalue weighted by Gasteiger charge is -2.44. The molecule has 2 saturated heterocycles. The zero-order chi connectivity index (χ0) is 35.8. The molecule has 2 aliphatic heterocycles. The van der Waals surface area contributed by atoms with E-state index in [1.54, 1.807) is 30.9 Å². The van der Waals surface area contributed by atoms with E-state index in [1.807, 2.05) is 31.2 Å². The number of carbonyl (C=O) groups excluding carboxylic acids is 2. The highest BCUT2D eigenvalue weighted by atomic mass is 19.1. The molecular formula is C39H56FN5O5. The van der Waals surface area contributed by atoms with Crippen molar-refractivity contribution in [2.75, 3.05) is 44.3 Å². The van der Waals surface area contributed by atoms with Crippen LogP contribution in [0, 0.1) is 24.6 Å². The number of rotatable bonds is 12. The molecular weight excluding hydrogens is 637 g/mol. The summed E-state index contributed by atoms with van der Waals surface area (Å²) in [6.45, 7) is 8.50. The summed E-state index contributed by atoms with van der Waals surface area (Å²) in [5, 5.41) is 23.3. The highest BCUT2D eigenvalue weighted by Gasteiger charge is 2.54. The van der Waals surface area contributed by atoms with Crippen molar-refractivity contribution in [3.05, 3.63) is 65.5 Å². The summed E-state index contributed by atoms with van der Waals surface area (Å²) in [7, 11) is 0. The van der Waals surface area contributed by atoms with Crippen LogP contribution in [-0.2, 0) is 16.1 Å². The molecule has 274 valence electrons. The first-order chi connectivity index (χ1) is 23.9. The van der Waals surface area contributed by atoms with Crippen molar-refractivity contribution in [2.45, 2.75) is 103 Å². The molecule has 0 bridgehead atoms. The number of piperidine rings is 1. The first kappa shape index (κ1) is 37.6. The second-order valence-corrected chi connectivity index (χ2v) is 15.1. The van der Waals surface area contributed by atoms with E-state index >= 15 is 0 Å². The molecule has 1 spiro atoms. The van der Waals surface area contributed by atoms with Crippen LogP contribution in [0.4, 0.5) is 14.9 Å². The number of benzene rings is 2. The Morgan fingerprint density at radius 3 is 2.20 bits per heavy atom. The molecule has 2 heterocycles. The molecule has 1 unspecified atom stereocenters. The Kier molecular flexibility index (Phi) is 12.8. The lowest BCUT2D eigenvalue weighted by atomic mass is 9.84.